The molecule has 1 fully saturated rings. The van der Waals surface area contributed by atoms with Crippen LogP contribution in [0.25, 0.3) is 0 Å². The van der Waals surface area contributed by atoms with E-state index in [-0.39, 0.29) is 42.7 Å². The lowest BCUT2D eigenvalue weighted by Crippen LogP contribution is -2.57. The van der Waals surface area contributed by atoms with E-state index in [1.54, 1.807) is 23.2 Å². The summed E-state index contributed by atoms with van der Waals surface area (Å²) in [6.07, 6.45) is 1.20. The van der Waals surface area contributed by atoms with E-state index in [0.717, 1.165) is 13.0 Å². The van der Waals surface area contributed by atoms with Crippen molar-refractivity contribution in [1.82, 2.24) is 14.7 Å². The minimum atomic E-state index is -0.346. The lowest BCUT2D eigenvalue weighted by atomic mass is 9.90. The van der Waals surface area contributed by atoms with Gasteiger partial charge in [0.25, 0.3) is 0 Å². The molecule has 2 aliphatic rings. The third-order valence-electron chi connectivity index (χ3n) is 7.04. The Morgan fingerprint density at radius 2 is 1.83 bits per heavy atom. The van der Waals surface area contributed by atoms with Crippen molar-refractivity contribution in [2.24, 2.45) is 0 Å². The van der Waals surface area contributed by atoms with Crippen LogP contribution in [0.5, 0.6) is 0 Å². The highest BCUT2D eigenvalue weighted by molar-refractivity contribution is 7.10. The van der Waals surface area contributed by atoms with E-state index >= 15 is 0 Å². The summed E-state index contributed by atoms with van der Waals surface area (Å²) in [5.74, 6) is -0.299. The first-order chi connectivity index (χ1) is 16.9. The first-order valence-electron chi connectivity index (χ1n) is 12.5. The summed E-state index contributed by atoms with van der Waals surface area (Å²) in [5.41, 5.74) is 3.80. The molecule has 2 aliphatic heterocycles. The largest absolute Gasteiger partial charge is 0.466 e. The third kappa shape index (κ3) is 5.76. The molecule has 2 aromatic rings. The molecule has 0 saturated carbocycles. The van der Waals surface area contributed by atoms with Crippen LogP contribution < -0.4 is 0 Å². The number of esters is 1. The minimum Gasteiger partial charge on any atom is -0.466 e. The molecule has 0 N–H and O–H groups in total. The monoisotopic (exact) mass is 497 g/mol. The second-order valence-electron chi connectivity index (χ2n) is 9.36. The molecule has 1 aromatic heterocycles. The molecule has 7 nitrogen and oxygen atoms in total. The van der Waals surface area contributed by atoms with Crippen molar-refractivity contribution < 1.29 is 19.1 Å². The predicted octanol–water partition coefficient (Wildman–Crippen LogP) is 3.41. The predicted molar refractivity (Wildman–Crippen MR) is 136 cm³/mol. The number of ether oxygens (including phenoxy) is 1. The molecule has 188 valence electrons. The van der Waals surface area contributed by atoms with Gasteiger partial charge in [-0.3, -0.25) is 19.3 Å². The minimum absolute atomic E-state index is 0.0571. The van der Waals surface area contributed by atoms with E-state index in [2.05, 4.69) is 47.5 Å². The molecular formula is C27H35N3O4S. The molecule has 35 heavy (non-hydrogen) atoms. The van der Waals surface area contributed by atoms with E-state index in [1.165, 1.54) is 21.6 Å². The van der Waals surface area contributed by atoms with Crippen LogP contribution >= 0.6 is 11.3 Å². The number of aryl methyl sites for hydroxylation is 1. The Balaban J connectivity index is 1.39. The van der Waals surface area contributed by atoms with Gasteiger partial charge in [-0.25, -0.2) is 0 Å². The normalized spacial score (nSPS) is 20.4. The molecule has 4 rings (SSSR count). The molecule has 1 aromatic carbocycles. The number of piperazine rings is 1. The fraction of sp³-hybridized carbons (Fsp3) is 0.519. The Labute approximate surface area is 211 Å². The summed E-state index contributed by atoms with van der Waals surface area (Å²) in [4.78, 5) is 45.0. The van der Waals surface area contributed by atoms with E-state index in [1.807, 2.05) is 11.8 Å². The summed E-state index contributed by atoms with van der Waals surface area (Å²) in [7, 11) is 0. The number of carbonyl (C=O) groups excluding carboxylic acids is 3. The van der Waals surface area contributed by atoms with Crippen molar-refractivity contribution in [3.8, 4) is 0 Å². The lowest BCUT2D eigenvalue weighted by molar-refractivity contribution is -0.147. The maximum absolute atomic E-state index is 13.4. The van der Waals surface area contributed by atoms with Gasteiger partial charge in [-0.15, -0.1) is 11.3 Å². The van der Waals surface area contributed by atoms with Gasteiger partial charge >= 0.3 is 5.97 Å². The number of amides is 2. The highest BCUT2D eigenvalue weighted by atomic mass is 32.1. The van der Waals surface area contributed by atoms with Crippen LogP contribution in [0, 0.1) is 6.92 Å². The van der Waals surface area contributed by atoms with E-state index in [0.29, 0.717) is 32.8 Å². The molecule has 0 unspecified atom stereocenters. The first-order valence-corrected chi connectivity index (χ1v) is 13.4. The quantitative estimate of drug-likeness (QED) is 0.549. The highest BCUT2D eigenvalue weighted by Crippen LogP contribution is 2.38. The van der Waals surface area contributed by atoms with Crippen molar-refractivity contribution in [3.05, 3.63) is 57.3 Å². The number of nitrogens with zero attached hydrogens (tertiary/aromatic N) is 3. The molecule has 8 heteroatoms. The molecule has 0 bridgehead atoms. The van der Waals surface area contributed by atoms with E-state index < -0.39 is 0 Å². The fourth-order valence-corrected chi connectivity index (χ4v) is 6.11. The third-order valence-corrected chi connectivity index (χ3v) is 8.03. The SMILES string of the molecule is CCOC(=O)CCC(=O)N1CCN(C(=O)CN2CCc3sccc3[C@H]2c2ccccc2C)C[C@@H]1C. The molecule has 2 amide bonds. The smallest absolute Gasteiger partial charge is 0.306 e. The van der Waals surface area contributed by atoms with Crippen LogP contribution in [-0.2, 0) is 25.5 Å². The molecule has 1 saturated heterocycles. The summed E-state index contributed by atoms with van der Waals surface area (Å²) < 4.78 is 4.93. The van der Waals surface area contributed by atoms with Crippen molar-refractivity contribution in [3.63, 3.8) is 0 Å². The standard InChI is InChI=1S/C27H35N3O4S/c1-4-34-26(33)10-9-24(31)30-15-14-28(17-20(30)3)25(32)18-29-13-11-23-22(12-16-35-23)27(29)21-8-6-5-7-19(21)2/h5-8,12,16,20,27H,4,9-11,13-15,17-18H2,1-3H3/t20-,27+/m0/s1. The molecule has 2 atom stereocenters. The summed E-state index contributed by atoms with van der Waals surface area (Å²) in [6, 6.07) is 10.6. The van der Waals surface area contributed by atoms with E-state index in [4.69, 9.17) is 4.74 Å². The molecule has 0 radical (unpaired) electrons. The molecule has 0 aliphatic carbocycles. The van der Waals surface area contributed by atoms with Crippen LogP contribution in [-0.4, -0.2) is 77.9 Å². The van der Waals surface area contributed by atoms with Gasteiger partial charge in [0, 0.05) is 43.5 Å². The first kappa shape index (κ1) is 25.4. The van der Waals surface area contributed by atoms with Crippen molar-refractivity contribution in [1.29, 1.82) is 0 Å². The zero-order valence-corrected chi connectivity index (χ0v) is 21.7. The number of thiophene rings is 1. The van der Waals surface area contributed by atoms with Gasteiger partial charge in [-0.2, -0.15) is 0 Å². The van der Waals surface area contributed by atoms with E-state index in [9.17, 15) is 14.4 Å². The van der Waals surface area contributed by atoms with Gasteiger partial charge in [0.1, 0.15) is 0 Å². The van der Waals surface area contributed by atoms with Crippen molar-refractivity contribution >= 4 is 29.1 Å². The van der Waals surface area contributed by atoms with Gasteiger partial charge in [0.05, 0.1) is 25.6 Å². The van der Waals surface area contributed by atoms with Crippen LogP contribution in [0.15, 0.2) is 35.7 Å². The Hall–Kier alpha value is -2.71. The fourth-order valence-electron chi connectivity index (χ4n) is 5.21. The number of carbonyl (C=O) groups is 3. The van der Waals surface area contributed by atoms with Gasteiger partial charge in [-0.1, -0.05) is 24.3 Å². The molecule has 0 spiro atoms. The average molecular weight is 498 g/mol. The van der Waals surface area contributed by atoms with Gasteiger partial charge in [-0.05, 0) is 55.3 Å². The van der Waals surface area contributed by atoms with Gasteiger partial charge in [0.2, 0.25) is 11.8 Å². The number of hydrogen-bond acceptors (Lipinski definition) is 6. The summed E-state index contributed by atoms with van der Waals surface area (Å²) in [6.45, 7) is 8.90. The van der Waals surface area contributed by atoms with Crippen molar-refractivity contribution in [2.75, 3.05) is 39.3 Å². The summed E-state index contributed by atoms with van der Waals surface area (Å²) in [5, 5.41) is 2.15. The zero-order chi connectivity index (χ0) is 24.9. The molecular weight excluding hydrogens is 462 g/mol. The van der Waals surface area contributed by atoms with Gasteiger partial charge < -0.3 is 14.5 Å². The zero-order valence-electron chi connectivity index (χ0n) is 20.9. The highest BCUT2D eigenvalue weighted by Gasteiger charge is 2.35. The van der Waals surface area contributed by atoms with Crippen molar-refractivity contribution in [2.45, 2.75) is 52.1 Å². The second kappa shape index (κ2) is 11.4. The topological polar surface area (TPSA) is 70.2 Å². The maximum atomic E-state index is 13.4. The number of benzene rings is 1. The molecule has 3 heterocycles. The second-order valence-corrected chi connectivity index (χ2v) is 10.4. The Kier molecular flexibility index (Phi) is 8.23. The van der Waals surface area contributed by atoms with Crippen LogP contribution in [0.4, 0.5) is 0 Å². The van der Waals surface area contributed by atoms with Gasteiger partial charge in [0.15, 0.2) is 0 Å². The van der Waals surface area contributed by atoms with Crippen LogP contribution in [0.2, 0.25) is 0 Å². The van der Waals surface area contributed by atoms with Crippen LogP contribution in [0.3, 0.4) is 0 Å². The number of rotatable bonds is 7. The average Bonchev–Trinajstić information content (AvgIpc) is 3.32. The maximum Gasteiger partial charge on any atom is 0.306 e. The Morgan fingerprint density at radius 1 is 1.03 bits per heavy atom. The Bertz CT molecular complexity index is 1070. The number of hydrogen-bond donors (Lipinski definition) is 0. The van der Waals surface area contributed by atoms with Crippen LogP contribution in [0.1, 0.15) is 54.3 Å². The number of fused-ring (bicyclic) bond motifs is 1. The summed E-state index contributed by atoms with van der Waals surface area (Å²) >= 11 is 1.80. The lowest BCUT2D eigenvalue weighted by Gasteiger charge is -2.42. The Morgan fingerprint density at radius 3 is 2.57 bits per heavy atom.